The smallest absolute Gasteiger partial charge is 0.305 e. The number of nitro groups is 1. The van der Waals surface area contributed by atoms with E-state index in [0.717, 1.165) is 19.3 Å². The third kappa shape index (κ3) is 3.29. The lowest BCUT2D eigenvalue weighted by molar-refractivity contribution is -0.387. The van der Waals surface area contributed by atoms with E-state index in [-0.39, 0.29) is 18.3 Å². The van der Waals surface area contributed by atoms with Gasteiger partial charge in [0.1, 0.15) is 0 Å². The van der Waals surface area contributed by atoms with Crippen LogP contribution in [0.4, 0.5) is 10.1 Å². The van der Waals surface area contributed by atoms with Crippen molar-refractivity contribution in [2.75, 3.05) is 0 Å². The Morgan fingerprint density at radius 3 is 2.84 bits per heavy atom. The molecule has 1 aliphatic rings. The minimum absolute atomic E-state index is 0.0997. The van der Waals surface area contributed by atoms with Crippen LogP contribution >= 0.6 is 0 Å². The van der Waals surface area contributed by atoms with Crippen LogP contribution in [0, 0.1) is 21.8 Å². The fourth-order valence-electron chi connectivity index (χ4n) is 2.55. The quantitative estimate of drug-likeness (QED) is 0.615. The zero-order chi connectivity index (χ0) is 13.8. The van der Waals surface area contributed by atoms with Crippen molar-refractivity contribution in [1.29, 1.82) is 0 Å². The lowest BCUT2D eigenvalue weighted by atomic mass is 9.88. The number of ether oxygens (including phenoxy) is 1. The Balaban J connectivity index is 2.03. The summed E-state index contributed by atoms with van der Waals surface area (Å²) in [5.41, 5.74) is -0.232. The average Bonchev–Trinajstić information content (AvgIpc) is 2.39. The van der Waals surface area contributed by atoms with E-state index in [4.69, 9.17) is 4.74 Å². The Morgan fingerprint density at radius 1 is 1.42 bits per heavy atom. The second-order valence-electron chi connectivity index (χ2n) is 5.12. The molecule has 0 bridgehead atoms. The summed E-state index contributed by atoms with van der Waals surface area (Å²) >= 11 is 0. The molecule has 1 fully saturated rings. The first-order chi connectivity index (χ1) is 9.09. The van der Waals surface area contributed by atoms with Crippen LogP contribution in [-0.4, -0.2) is 11.0 Å². The van der Waals surface area contributed by atoms with Gasteiger partial charge in [-0.3, -0.25) is 10.1 Å². The number of nitro benzene ring substituents is 1. The molecule has 0 spiro atoms. The number of rotatable bonds is 4. The van der Waals surface area contributed by atoms with Crippen molar-refractivity contribution in [3.63, 3.8) is 0 Å². The molecule has 0 aromatic heterocycles. The summed E-state index contributed by atoms with van der Waals surface area (Å²) in [4.78, 5) is 9.95. The topological polar surface area (TPSA) is 52.4 Å². The molecule has 2 atom stereocenters. The highest BCUT2D eigenvalue weighted by Gasteiger charge is 2.23. The fraction of sp³-hybridized carbons (Fsp3) is 0.571. The molecule has 1 aromatic rings. The third-order valence-corrected chi connectivity index (χ3v) is 3.74. The summed E-state index contributed by atoms with van der Waals surface area (Å²) in [6.45, 7) is 2.23. The van der Waals surface area contributed by atoms with Crippen LogP contribution in [-0.2, 0) is 11.3 Å². The minimum atomic E-state index is -0.782. The maximum Gasteiger partial charge on any atom is 0.305 e. The van der Waals surface area contributed by atoms with Crippen LogP contribution in [0.2, 0.25) is 0 Å². The zero-order valence-electron chi connectivity index (χ0n) is 11.0. The van der Waals surface area contributed by atoms with Crippen LogP contribution in [0.1, 0.15) is 38.2 Å². The Bertz CT molecular complexity index is 464. The van der Waals surface area contributed by atoms with E-state index in [1.165, 1.54) is 24.6 Å². The van der Waals surface area contributed by atoms with E-state index in [1.54, 1.807) is 0 Å². The van der Waals surface area contributed by atoms with Gasteiger partial charge in [0.2, 0.25) is 5.82 Å². The van der Waals surface area contributed by atoms with Crippen LogP contribution in [0.15, 0.2) is 18.2 Å². The summed E-state index contributed by atoms with van der Waals surface area (Å²) in [7, 11) is 0. The van der Waals surface area contributed by atoms with Crippen LogP contribution in [0.25, 0.3) is 0 Å². The van der Waals surface area contributed by atoms with E-state index in [2.05, 4.69) is 6.92 Å². The molecule has 0 amide bonds. The molecule has 0 saturated heterocycles. The van der Waals surface area contributed by atoms with Gasteiger partial charge in [-0.2, -0.15) is 4.39 Å². The molecule has 5 heteroatoms. The van der Waals surface area contributed by atoms with Gasteiger partial charge in [0.25, 0.3) is 0 Å². The lowest BCUT2D eigenvalue weighted by Gasteiger charge is -2.28. The zero-order valence-corrected chi connectivity index (χ0v) is 11.0. The van der Waals surface area contributed by atoms with Crippen molar-refractivity contribution in [1.82, 2.24) is 0 Å². The summed E-state index contributed by atoms with van der Waals surface area (Å²) < 4.78 is 19.6. The second kappa shape index (κ2) is 6.10. The molecule has 0 heterocycles. The number of hydrogen-bond donors (Lipinski definition) is 0. The molecule has 19 heavy (non-hydrogen) atoms. The molecule has 1 aromatic carbocycles. The Labute approximate surface area is 111 Å². The van der Waals surface area contributed by atoms with Crippen molar-refractivity contribution in [3.05, 3.63) is 39.7 Å². The van der Waals surface area contributed by atoms with Crippen molar-refractivity contribution in [3.8, 4) is 0 Å². The normalized spacial score (nSPS) is 23.3. The number of nitrogens with zero attached hydrogens (tertiary/aromatic N) is 1. The van der Waals surface area contributed by atoms with Gasteiger partial charge in [0.05, 0.1) is 17.6 Å². The molecule has 2 unspecified atom stereocenters. The first-order valence-electron chi connectivity index (χ1n) is 6.63. The highest BCUT2D eigenvalue weighted by atomic mass is 19.1. The first-order valence-corrected chi connectivity index (χ1v) is 6.63. The van der Waals surface area contributed by atoms with Crippen molar-refractivity contribution in [2.24, 2.45) is 5.92 Å². The van der Waals surface area contributed by atoms with Crippen LogP contribution in [0.3, 0.4) is 0 Å². The summed E-state index contributed by atoms with van der Waals surface area (Å²) in [6.07, 6.45) is 4.59. The largest absolute Gasteiger partial charge is 0.373 e. The Hall–Kier alpha value is -1.49. The summed E-state index contributed by atoms with van der Waals surface area (Å²) in [5, 5.41) is 10.7. The summed E-state index contributed by atoms with van der Waals surface area (Å²) in [6, 6.07) is 4.20. The van der Waals surface area contributed by atoms with E-state index < -0.39 is 16.4 Å². The Morgan fingerprint density at radius 2 is 2.16 bits per heavy atom. The van der Waals surface area contributed by atoms with Gasteiger partial charge >= 0.3 is 5.69 Å². The van der Waals surface area contributed by atoms with Gasteiger partial charge in [-0.25, -0.2) is 0 Å². The predicted octanol–water partition coefficient (Wildman–Crippen LogP) is 3.83. The van der Waals surface area contributed by atoms with Crippen molar-refractivity contribution < 1.29 is 14.1 Å². The average molecular weight is 267 g/mol. The van der Waals surface area contributed by atoms with Crippen molar-refractivity contribution in [2.45, 2.75) is 45.3 Å². The fourth-order valence-corrected chi connectivity index (χ4v) is 2.55. The predicted molar refractivity (Wildman–Crippen MR) is 69.3 cm³/mol. The van der Waals surface area contributed by atoms with Crippen LogP contribution < -0.4 is 0 Å². The van der Waals surface area contributed by atoms with Gasteiger partial charge in [-0.15, -0.1) is 0 Å². The molecule has 0 radical (unpaired) electrons. The standard InChI is InChI=1S/C14H18FNO3/c1-10-5-2-3-8-13(10)19-9-11-6-4-7-12(14(11)15)16(17)18/h4,6-7,10,13H,2-3,5,8-9H2,1H3. The SMILES string of the molecule is CC1CCCCC1OCc1cccc([N+](=O)[O-])c1F. The van der Waals surface area contributed by atoms with Crippen molar-refractivity contribution >= 4 is 5.69 Å². The lowest BCUT2D eigenvalue weighted by Crippen LogP contribution is -2.25. The number of hydrogen-bond acceptors (Lipinski definition) is 3. The maximum absolute atomic E-state index is 13.9. The van der Waals surface area contributed by atoms with Crippen LogP contribution in [0.5, 0.6) is 0 Å². The summed E-state index contributed by atoms with van der Waals surface area (Å²) in [5.74, 6) is -0.313. The molecule has 0 aliphatic heterocycles. The van der Waals surface area contributed by atoms with Gasteiger partial charge in [-0.1, -0.05) is 31.9 Å². The molecule has 1 saturated carbocycles. The van der Waals surface area contributed by atoms with E-state index >= 15 is 0 Å². The first kappa shape index (κ1) is 13.9. The van der Waals surface area contributed by atoms with Gasteiger partial charge < -0.3 is 4.74 Å². The highest BCUT2D eigenvalue weighted by molar-refractivity contribution is 5.36. The second-order valence-corrected chi connectivity index (χ2v) is 5.12. The Kier molecular flexibility index (Phi) is 4.47. The molecule has 1 aliphatic carbocycles. The minimum Gasteiger partial charge on any atom is -0.373 e. The molecular formula is C14H18FNO3. The molecule has 2 rings (SSSR count). The molecular weight excluding hydrogens is 249 g/mol. The van der Waals surface area contributed by atoms with Gasteiger partial charge in [-0.05, 0) is 18.8 Å². The number of benzene rings is 1. The van der Waals surface area contributed by atoms with E-state index in [0.29, 0.717) is 5.92 Å². The number of halogens is 1. The van der Waals surface area contributed by atoms with Gasteiger partial charge in [0, 0.05) is 11.6 Å². The maximum atomic E-state index is 13.9. The van der Waals surface area contributed by atoms with Gasteiger partial charge in [0.15, 0.2) is 0 Å². The van der Waals surface area contributed by atoms with E-state index in [9.17, 15) is 14.5 Å². The third-order valence-electron chi connectivity index (χ3n) is 3.74. The van der Waals surface area contributed by atoms with E-state index in [1.807, 2.05) is 0 Å². The molecule has 104 valence electrons. The molecule has 4 nitrogen and oxygen atoms in total. The monoisotopic (exact) mass is 267 g/mol. The molecule has 0 N–H and O–H groups in total. The highest BCUT2D eigenvalue weighted by Crippen LogP contribution is 2.28.